The van der Waals surface area contributed by atoms with Gasteiger partial charge in [0.05, 0.1) is 13.5 Å². The van der Waals surface area contributed by atoms with Crippen LogP contribution in [0.4, 0.5) is 5.69 Å². The fraction of sp³-hybridized carbons (Fsp3) is 0.263. The monoisotopic (exact) mass is 324 g/mol. The molecular weight excluding hydrogens is 304 g/mol. The number of anilines is 1. The van der Waals surface area contributed by atoms with E-state index < -0.39 is 0 Å². The van der Waals surface area contributed by atoms with Gasteiger partial charge in [-0.25, -0.2) is 0 Å². The predicted molar refractivity (Wildman–Crippen MR) is 91.9 cm³/mol. The minimum atomic E-state index is -0.00407. The van der Waals surface area contributed by atoms with Crippen LogP contribution in [0.1, 0.15) is 23.1 Å². The molecule has 1 aliphatic heterocycles. The zero-order chi connectivity index (χ0) is 16.9. The van der Waals surface area contributed by atoms with Gasteiger partial charge in [0.2, 0.25) is 11.8 Å². The molecule has 0 fully saturated rings. The summed E-state index contributed by atoms with van der Waals surface area (Å²) < 4.78 is 5.29. The van der Waals surface area contributed by atoms with Gasteiger partial charge in [-0.3, -0.25) is 9.59 Å². The Morgan fingerprint density at radius 1 is 1.25 bits per heavy atom. The number of hydrogen-bond donors (Lipinski definition) is 2. The van der Waals surface area contributed by atoms with Crippen molar-refractivity contribution in [3.05, 3.63) is 59.2 Å². The lowest BCUT2D eigenvalue weighted by Crippen LogP contribution is -2.23. The first-order valence-electron chi connectivity index (χ1n) is 7.96. The first-order valence-corrected chi connectivity index (χ1v) is 7.96. The Morgan fingerprint density at radius 2 is 2.08 bits per heavy atom. The van der Waals surface area contributed by atoms with E-state index in [1.54, 1.807) is 7.11 Å². The summed E-state index contributed by atoms with van der Waals surface area (Å²) in [5.74, 6) is 0.819. The Bertz CT molecular complexity index is 771. The summed E-state index contributed by atoms with van der Waals surface area (Å²) in [4.78, 5) is 23.4. The summed E-state index contributed by atoms with van der Waals surface area (Å²) in [6.45, 7) is 0.465. The van der Waals surface area contributed by atoms with Crippen molar-refractivity contribution >= 4 is 17.5 Å². The highest BCUT2D eigenvalue weighted by Crippen LogP contribution is 2.23. The van der Waals surface area contributed by atoms with E-state index in [-0.39, 0.29) is 11.8 Å². The molecule has 0 radical (unpaired) electrons. The van der Waals surface area contributed by atoms with Gasteiger partial charge in [0.25, 0.3) is 0 Å². The molecule has 1 aliphatic rings. The third-order valence-corrected chi connectivity index (χ3v) is 4.10. The first kappa shape index (κ1) is 16.1. The van der Waals surface area contributed by atoms with E-state index in [0.717, 1.165) is 28.1 Å². The number of nitrogens with one attached hydrogen (secondary N) is 2. The minimum absolute atomic E-state index is 0.00407. The summed E-state index contributed by atoms with van der Waals surface area (Å²) >= 11 is 0. The molecule has 5 nitrogen and oxygen atoms in total. The normalized spacial score (nSPS) is 12.5. The molecule has 0 atom stereocenters. The Balaban J connectivity index is 1.51. The average Bonchev–Trinajstić information content (AvgIpc) is 2.97. The molecule has 2 N–H and O–H groups in total. The van der Waals surface area contributed by atoms with E-state index >= 15 is 0 Å². The largest absolute Gasteiger partial charge is 0.496 e. The van der Waals surface area contributed by atoms with Crippen molar-refractivity contribution in [3.63, 3.8) is 0 Å². The maximum Gasteiger partial charge on any atom is 0.228 e. The van der Waals surface area contributed by atoms with Crippen LogP contribution in [0.15, 0.2) is 42.5 Å². The van der Waals surface area contributed by atoms with Crippen LogP contribution in [0.25, 0.3) is 0 Å². The maximum atomic E-state index is 12.1. The number of rotatable bonds is 6. The molecule has 124 valence electrons. The standard InChI is InChI=1S/C19H20N2O3/c1-24-17-5-3-2-4-14(17)7-9-18(22)20-12-13-6-8-16-15(10-13)11-19(23)21-16/h2-6,8,10H,7,9,11-12H2,1H3,(H,20,22)(H,21,23). The third kappa shape index (κ3) is 3.74. The number of benzene rings is 2. The highest BCUT2D eigenvalue weighted by molar-refractivity contribution is 5.99. The maximum absolute atomic E-state index is 12.1. The number of ether oxygens (including phenoxy) is 1. The summed E-state index contributed by atoms with van der Waals surface area (Å²) in [5, 5.41) is 5.72. The molecule has 3 rings (SSSR count). The van der Waals surface area contributed by atoms with Crippen molar-refractivity contribution in [3.8, 4) is 5.75 Å². The molecule has 0 saturated carbocycles. The van der Waals surface area contributed by atoms with Crippen molar-refractivity contribution in [2.75, 3.05) is 12.4 Å². The van der Waals surface area contributed by atoms with Gasteiger partial charge in [0.15, 0.2) is 0 Å². The van der Waals surface area contributed by atoms with Crippen LogP contribution in [0.3, 0.4) is 0 Å². The fourth-order valence-corrected chi connectivity index (χ4v) is 2.84. The van der Waals surface area contributed by atoms with Gasteiger partial charge in [-0.2, -0.15) is 0 Å². The lowest BCUT2D eigenvalue weighted by molar-refractivity contribution is -0.121. The number of aryl methyl sites for hydroxylation is 1. The number of amides is 2. The van der Waals surface area contributed by atoms with Crippen molar-refractivity contribution in [1.82, 2.24) is 5.32 Å². The van der Waals surface area contributed by atoms with E-state index in [1.165, 1.54) is 0 Å². The molecule has 0 aliphatic carbocycles. The number of carbonyl (C=O) groups is 2. The van der Waals surface area contributed by atoms with Crippen molar-refractivity contribution in [2.24, 2.45) is 0 Å². The Morgan fingerprint density at radius 3 is 2.92 bits per heavy atom. The Hall–Kier alpha value is -2.82. The van der Waals surface area contributed by atoms with Crippen LogP contribution in [-0.2, 0) is 29.0 Å². The average molecular weight is 324 g/mol. The van der Waals surface area contributed by atoms with Crippen LogP contribution in [-0.4, -0.2) is 18.9 Å². The van der Waals surface area contributed by atoms with Crippen molar-refractivity contribution in [2.45, 2.75) is 25.8 Å². The molecular formula is C19H20N2O3. The topological polar surface area (TPSA) is 67.4 Å². The molecule has 0 bridgehead atoms. The number of para-hydroxylation sites is 1. The van der Waals surface area contributed by atoms with Gasteiger partial charge in [0, 0.05) is 18.7 Å². The molecule has 2 amide bonds. The molecule has 2 aromatic rings. The van der Waals surface area contributed by atoms with Crippen LogP contribution >= 0.6 is 0 Å². The molecule has 0 spiro atoms. The summed E-state index contributed by atoms with van der Waals surface area (Å²) in [7, 11) is 1.63. The van der Waals surface area contributed by atoms with Crippen molar-refractivity contribution < 1.29 is 14.3 Å². The molecule has 0 aromatic heterocycles. The van der Waals surface area contributed by atoms with E-state index in [2.05, 4.69) is 10.6 Å². The number of fused-ring (bicyclic) bond motifs is 1. The molecule has 24 heavy (non-hydrogen) atoms. The quantitative estimate of drug-likeness (QED) is 0.857. The zero-order valence-corrected chi connectivity index (χ0v) is 13.6. The predicted octanol–water partition coefficient (Wildman–Crippen LogP) is 2.44. The summed E-state index contributed by atoms with van der Waals surface area (Å²) in [6, 6.07) is 13.5. The van der Waals surface area contributed by atoms with Crippen LogP contribution in [0.2, 0.25) is 0 Å². The van der Waals surface area contributed by atoms with Crippen LogP contribution < -0.4 is 15.4 Å². The number of methoxy groups -OCH3 is 1. The second-order valence-corrected chi connectivity index (χ2v) is 5.81. The number of hydrogen-bond acceptors (Lipinski definition) is 3. The lowest BCUT2D eigenvalue weighted by Gasteiger charge is -2.09. The molecule has 1 heterocycles. The molecule has 2 aromatic carbocycles. The zero-order valence-electron chi connectivity index (χ0n) is 13.6. The van der Waals surface area contributed by atoms with Gasteiger partial charge in [-0.05, 0) is 35.2 Å². The van der Waals surface area contributed by atoms with Gasteiger partial charge in [0.1, 0.15) is 5.75 Å². The van der Waals surface area contributed by atoms with E-state index in [0.29, 0.717) is 25.8 Å². The van der Waals surface area contributed by atoms with Gasteiger partial charge in [-0.15, -0.1) is 0 Å². The second-order valence-electron chi connectivity index (χ2n) is 5.81. The van der Waals surface area contributed by atoms with E-state index in [1.807, 2.05) is 42.5 Å². The highest BCUT2D eigenvalue weighted by Gasteiger charge is 2.17. The van der Waals surface area contributed by atoms with E-state index in [9.17, 15) is 9.59 Å². The first-order chi connectivity index (χ1) is 11.7. The Kier molecular flexibility index (Phi) is 4.79. The fourth-order valence-electron chi connectivity index (χ4n) is 2.84. The smallest absolute Gasteiger partial charge is 0.228 e. The molecule has 0 saturated heterocycles. The van der Waals surface area contributed by atoms with Gasteiger partial charge in [-0.1, -0.05) is 30.3 Å². The molecule has 5 heteroatoms. The lowest BCUT2D eigenvalue weighted by atomic mass is 10.1. The summed E-state index contributed by atoms with van der Waals surface area (Å²) in [5.41, 5.74) is 3.88. The van der Waals surface area contributed by atoms with E-state index in [4.69, 9.17) is 4.74 Å². The minimum Gasteiger partial charge on any atom is -0.496 e. The second kappa shape index (κ2) is 7.17. The van der Waals surface area contributed by atoms with Gasteiger partial charge >= 0.3 is 0 Å². The number of carbonyl (C=O) groups excluding carboxylic acids is 2. The van der Waals surface area contributed by atoms with Gasteiger partial charge < -0.3 is 15.4 Å². The third-order valence-electron chi connectivity index (χ3n) is 4.10. The summed E-state index contributed by atoms with van der Waals surface area (Å²) in [6.07, 6.45) is 1.45. The highest BCUT2D eigenvalue weighted by atomic mass is 16.5. The Labute approximate surface area is 141 Å². The molecule has 0 unspecified atom stereocenters. The SMILES string of the molecule is COc1ccccc1CCC(=O)NCc1ccc2c(c1)CC(=O)N2. The van der Waals surface area contributed by atoms with Crippen LogP contribution in [0, 0.1) is 0 Å². The van der Waals surface area contributed by atoms with Crippen LogP contribution in [0.5, 0.6) is 5.75 Å². The van der Waals surface area contributed by atoms with Crippen molar-refractivity contribution in [1.29, 1.82) is 0 Å².